The molecule has 0 saturated carbocycles. The molecular weight excluding hydrogens is 364 g/mol. The maximum Gasteiger partial charge on any atom is 0.418 e. The summed E-state index contributed by atoms with van der Waals surface area (Å²) >= 11 is 0. The van der Waals surface area contributed by atoms with E-state index in [-0.39, 0.29) is 12.5 Å². The van der Waals surface area contributed by atoms with Crippen molar-refractivity contribution in [2.24, 2.45) is 0 Å². The largest absolute Gasteiger partial charge is 0.418 e. The van der Waals surface area contributed by atoms with Crippen LogP contribution >= 0.6 is 0 Å². The molecule has 0 aliphatic carbocycles. The van der Waals surface area contributed by atoms with Crippen LogP contribution in [0.5, 0.6) is 0 Å². The van der Waals surface area contributed by atoms with E-state index in [9.17, 15) is 18.0 Å². The molecule has 3 amide bonds. The van der Waals surface area contributed by atoms with Crippen LogP contribution in [0.3, 0.4) is 0 Å². The molecule has 3 rings (SSSR count). The van der Waals surface area contributed by atoms with Gasteiger partial charge in [0.1, 0.15) is 6.04 Å². The van der Waals surface area contributed by atoms with Crippen molar-refractivity contribution < 1.29 is 26.8 Å². The molecule has 1 aromatic rings. The molecule has 10 nitrogen and oxygen atoms in total. The number of piperidine rings is 1. The van der Waals surface area contributed by atoms with E-state index < -0.39 is 28.5 Å². The first-order valence-electron chi connectivity index (χ1n) is 8.01. The zero-order valence-corrected chi connectivity index (χ0v) is 15.1. The van der Waals surface area contributed by atoms with Gasteiger partial charge in [-0.05, 0) is 31.0 Å². The van der Waals surface area contributed by atoms with Gasteiger partial charge in [0, 0.05) is 32.0 Å². The fourth-order valence-electron chi connectivity index (χ4n) is 3.19. The third-order valence-corrected chi connectivity index (χ3v) is 4.78. The van der Waals surface area contributed by atoms with Crippen molar-refractivity contribution in [1.82, 2.24) is 9.96 Å². The maximum atomic E-state index is 12.6. The Kier molecular flexibility index (Phi) is 4.78. The fraction of sp³-hybridized carbons (Fsp3) is 0.467. The summed E-state index contributed by atoms with van der Waals surface area (Å²) in [7, 11) is -1.04. The Morgan fingerprint density at radius 3 is 2.73 bits per heavy atom. The standard InChI is InChI=1S/C15H20N4O6S/c1-17(2)11-5-3-4-10(8-11)16-14(20)13-7-6-12-9-18(13)15(21)19(12)25-26(22,23)24/h3-5,8,12-13H,6-7,9H2,1-2H3,(H,16,20)(H,22,23,24)/t12-,13?/m1/s1. The van der Waals surface area contributed by atoms with Crippen molar-refractivity contribution in [3.63, 3.8) is 0 Å². The summed E-state index contributed by atoms with van der Waals surface area (Å²) in [6.45, 7) is 0.157. The van der Waals surface area contributed by atoms with E-state index in [1.807, 2.05) is 37.2 Å². The first-order chi connectivity index (χ1) is 12.2. The summed E-state index contributed by atoms with van der Waals surface area (Å²) in [6, 6.07) is 5.24. The molecule has 1 unspecified atom stereocenters. The van der Waals surface area contributed by atoms with Crippen molar-refractivity contribution >= 4 is 33.7 Å². The molecule has 142 valence electrons. The van der Waals surface area contributed by atoms with Gasteiger partial charge in [0.05, 0.1) is 6.04 Å². The minimum atomic E-state index is -4.81. The normalized spacial score (nSPS) is 22.5. The molecule has 2 fully saturated rings. The van der Waals surface area contributed by atoms with Gasteiger partial charge in [-0.2, -0.15) is 13.5 Å². The summed E-state index contributed by atoms with van der Waals surface area (Å²) in [6.07, 6.45) is 0.745. The molecule has 2 N–H and O–H groups in total. The average Bonchev–Trinajstić information content (AvgIpc) is 2.78. The second kappa shape index (κ2) is 6.74. The number of amides is 3. The highest BCUT2D eigenvalue weighted by molar-refractivity contribution is 7.80. The highest BCUT2D eigenvalue weighted by Gasteiger charge is 2.49. The summed E-state index contributed by atoms with van der Waals surface area (Å²) in [5, 5.41) is 3.41. The number of benzene rings is 1. The van der Waals surface area contributed by atoms with Gasteiger partial charge in [-0.3, -0.25) is 9.35 Å². The maximum absolute atomic E-state index is 12.6. The second-order valence-corrected chi connectivity index (χ2v) is 7.45. The molecule has 2 heterocycles. The lowest BCUT2D eigenvalue weighted by molar-refractivity contribution is -0.120. The topological polar surface area (TPSA) is 119 Å². The van der Waals surface area contributed by atoms with Gasteiger partial charge >= 0.3 is 16.4 Å². The summed E-state index contributed by atoms with van der Waals surface area (Å²) in [4.78, 5) is 28.1. The summed E-state index contributed by atoms with van der Waals surface area (Å²) in [5.41, 5.74) is 1.51. The van der Waals surface area contributed by atoms with Crippen LogP contribution in [0.15, 0.2) is 24.3 Å². The molecule has 2 atom stereocenters. The van der Waals surface area contributed by atoms with E-state index in [2.05, 4.69) is 9.60 Å². The molecule has 11 heteroatoms. The molecule has 2 bridgehead atoms. The van der Waals surface area contributed by atoms with E-state index in [4.69, 9.17) is 4.55 Å². The van der Waals surface area contributed by atoms with Crippen molar-refractivity contribution in [2.75, 3.05) is 30.9 Å². The number of hydroxylamine groups is 2. The molecule has 26 heavy (non-hydrogen) atoms. The number of hydrogen-bond donors (Lipinski definition) is 2. The van der Waals surface area contributed by atoms with Crippen molar-refractivity contribution in [3.05, 3.63) is 24.3 Å². The van der Waals surface area contributed by atoms with E-state index in [0.29, 0.717) is 23.6 Å². The number of nitrogens with zero attached hydrogens (tertiary/aromatic N) is 3. The summed E-state index contributed by atoms with van der Waals surface area (Å²) in [5.74, 6) is -0.360. The van der Waals surface area contributed by atoms with E-state index in [1.54, 1.807) is 6.07 Å². The van der Waals surface area contributed by atoms with Crippen molar-refractivity contribution in [2.45, 2.75) is 24.9 Å². The Bertz CT molecular complexity index is 827. The van der Waals surface area contributed by atoms with Gasteiger partial charge in [-0.1, -0.05) is 6.07 Å². The van der Waals surface area contributed by atoms with Gasteiger partial charge in [0.2, 0.25) is 5.91 Å². The molecule has 2 aliphatic rings. The lowest BCUT2D eigenvalue weighted by Gasteiger charge is -2.29. The summed E-state index contributed by atoms with van der Waals surface area (Å²) < 4.78 is 35.0. The second-order valence-electron chi connectivity index (χ2n) is 6.44. The molecule has 0 aromatic heterocycles. The lowest BCUT2D eigenvalue weighted by Crippen LogP contribution is -2.47. The Morgan fingerprint density at radius 2 is 2.08 bits per heavy atom. The zero-order valence-electron chi connectivity index (χ0n) is 14.3. The van der Waals surface area contributed by atoms with E-state index in [0.717, 1.165) is 5.69 Å². The quantitative estimate of drug-likeness (QED) is 0.717. The highest BCUT2D eigenvalue weighted by Crippen LogP contribution is 2.31. The van der Waals surface area contributed by atoms with Crippen LogP contribution in [-0.4, -0.2) is 67.6 Å². The first kappa shape index (κ1) is 18.4. The Morgan fingerprint density at radius 1 is 1.35 bits per heavy atom. The van der Waals surface area contributed by atoms with Crippen LogP contribution in [0.4, 0.5) is 16.2 Å². The Hall–Kier alpha value is -2.37. The van der Waals surface area contributed by atoms with Crippen LogP contribution in [-0.2, 0) is 19.5 Å². The minimum absolute atomic E-state index is 0.157. The van der Waals surface area contributed by atoms with E-state index >= 15 is 0 Å². The number of fused-ring (bicyclic) bond motifs is 2. The SMILES string of the molecule is CN(C)c1cccc(NC(=O)C2CC[C@@H]3CN2C(=O)N3OS(=O)(=O)O)c1. The van der Waals surface area contributed by atoms with Gasteiger partial charge in [-0.25, -0.2) is 4.79 Å². The third kappa shape index (κ3) is 3.74. The van der Waals surface area contributed by atoms with Crippen LogP contribution in [0.1, 0.15) is 12.8 Å². The number of nitrogens with one attached hydrogen (secondary N) is 1. The van der Waals surface area contributed by atoms with Gasteiger partial charge in [-0.15, -0.1) is 4.28 Å². The Labute approximate surface area is 151 Å². The first-order valence-corrected chi connectivity index (χ1v) is 9.37. The predicted octanol–water partition coefficient (Wildman–Crippen LogP) is 0.694. The van der Waals surface area contributed by atoms with Gasteiger partial charge < -0.3 is 15.1 Å². The number of anilines is 2. The fourth-order valence-corrected chi connectivity index (χ4v) is 3.58. The number of carbonyl (C=O) groups excluding carboxylic acids is 2. The Balaban J connectivity index is 1.72. The minimum Gasteiger partial charge on any atom is -0.378 e. The number of urea groups is 1. The van der Waals surface area contributed by atoms with Crippen LogP contribution < -0.4 is 10.2 Å². The number of carbonyl (C=O) groups is 2. The molecule has 0 radical (unpaired) electrons. The zero-order chi connectivity index (χ0) is 19.1. The van der Waals surface area contributed by atoms with E-state index in [1.165, 1.54) is 4.90 Å². The van der Waals surface area contributed by atoms with Gasteiger partial charge in [0.25, 0.3) is 0 Å². The van der Waals surface area contributed by atoms with Crippen LogP contribution in [0, 0.1) is 0 Å². The molecule has 0 spiro atoms. The van der Waals surface area contributed by atoms with Crippen LogP contribution in [0.25, 0.3) is 0 Å². The number of rotatable bonds is 5. The van der Waals surface area contributed by atoms with Gasteiger partial charge in [0.15, 0.2) is 0 Å². The molecule has 1 aromatic carbocycles. The van der Waals surface area contributed by atoms with Crippen molar-refractivity contribution in [1.29, 1.82) is 0 Å². The van der Waals surface area contributed by atoms with Crippen molar-refractivity contribution in [3.8, 4) is 0 Å². The number of hydrogen-bond acceptors (Lipinski definition) is 6. The molecular formula is C15H20N4O6S. The smallest absolute Gasteiger partial charge is 0.378 e. The highest BCUT2D eigenvalue weighted by atomic mass is 32.3. The third-order valence-electron chi connectivity index (χ3n) is 4.43. The average molecular weight is 384 g/mol. The predicted molar refractivity (Wildman–Crippen MR) is 92.8 cm³/mol. The van der Waals surface area contributed by atoms with Crippen LogP contribution in [0.2, 0.25) is 0 Å². The monoisotopic (exact) mass is 384 g/mol. The molecule has 2 aliphatic heterocycles. The lowest BCUT2D eigenvalue weighted by atomic mass is 10.0. The molecule has 2 saturated heterocycles.